The second-order valence-corrected chi connectivity index (χ2v) is 15.9. The minimum Gasteiger partial charge on any atom is -0.139 e. The Labute approximate surface area is 110 Å². The third-order valence-corrected chi connectivity index (χ3v) is 5.38. The van der Waals surface area contributed by atoms with Crippen LogP contribution in [-0.4, -0.2) is 16.1 Å². The van der Waals surface area contributed by atoms with Gasteiger partial charge in [-0.15, -0.1) is 11.1 Å². The van der Waals surface area contributed by atoms with E-state index in [1.165, 1.54) is 17.2 Å². The lowest BCUT2D eigenvalue weighted by Crippen LogP contribution is -2.25. The van der Waals surface area contributed by atoms with Gasteiger partial charge in [-0.25, -0.2) is 0 Å². The largest absolute Gasteiger partial charge is 0.139 e. The van der Waals surface area contributed by atoms with Crippen LogP contribution in [0.4, 0.5) is 0 Å². The number of allylic oxidation sites excluding steroid dienone is 4. The van der Waals surface area contributed by atoms with Crippen molar-refractivity contribution < 1.29 is 0 Å². The van der Waals surface area contributed by atoms with Gasteiger partial charge in [0.2, 0.25) is 0 Å². The first-order valence-electron chi connectivity index (χ1n) is 6.38. The Morgan fingerprint density at radius 3 is 1.88 bits per heavy atom. The molecule has 0 amide bonds. The van der Waals surface area contributed by atoms with Crippen molar-refractivity contribution in [3.8, 4) is 11.1 Å². The molecule has 0 unspecified atom stereocenters. The molecule has 96 valence electrons. The lowest BCUT2D eigenvalue weighted by molar-refractivity contribution is 1.33. The van der Waals surface area contributed by atoms with Crippen molar-refractivity contribution in [2.45, 2.75) is 59.6 Å². The van der Waals surface area contributed by atoms with Crippen molar-refractivity contribution in [3.05, 3.63) is 23.3 Å². The molecule has 0 bridgehead atoms. The Bertz CT molecular complexity index is 364. The second kappa shape index (κ2) is 6.42. The van der Waals surface area contributed by atoms with Gasteiger partial charge < -0.3 is 0 Å². The first-order chi connectivity index (χ1) is 7.52. The summed E-state index contributed by atoms with van der Waals surface area (Å²) >= 11 is 0. The minimum atomic E-state index is -1.36. The Balaban J connectivity index is 4.66. The first kappa shape index (κ1) is 16.5. The zero-order valence-electron chi connectivity index (χ0n) is 12.9. The fourth-order valence-corrected chi connectivity index (χ4v) is 5.13. The van der Waals surface area contributed by atoms with Gasteiger partial charge >= 0.3 is 0 Å². The highest BCUT2D eigenvalue weighted by Crippen LogP contribution is 2.13. The van der Waals surface area contributed by atoms with E-state index in [1.54, 1.807) is 0 Å². The highest BCUT2D eigenvalue weighted by Gasteiger charge is 2.17. The molecule has 0 aromatic heterocycles. The standard InChI is InChI=1S/C15H28Si2/c1-14(2)13-15(3)9-10-17(7,8)12-11-16(4,5)6/h9,13H,10H2,1-8H3. The average molecular weight is 265 g/mol. The van der Waals surface area contributed by atoms with Gasteiger partial charge in [-0.3, -0.25) is 0 Å². The van der Waals surface area contributed by atoms with E-state index in [-0.39, 0.29) is 0 Å². The summed E-state index contributed by atoms with van der Waals surface area (Å²) in [4.78, 5) is 0. The highest BCUT2D eigenvalue weighted by molar-refractivity contribution is 6.90. The zero-order valence-corrected chi connectivity index (χ0v) is 14.9. The van der Waals surface area contributed by atoms with Crippen LogP contribution < -0.4 is 0 Å². The summed E-state index contributed by atoms with van der Waals surface area (Å²) in [5, 5.41) is 0. The molecule has 2 heteroatoms. The molecule has 0 aromatic carbocycles. The topological polar surface area (TPSA) is 0 Å². The van der Waals surface area contributed by atoms with Gasteiger partial charge in [0, 0.05) is 0 Å². The highest BCUT2D eigenvalue weighted by atomic mass is 28.3. The summed E-state index contributed by atoms with van der Waals surface area (Å²) in [5.41, 5.74) is 9.87. The van der Waals surface area contributed by atoms with E-state index in [2.05, 4.69) is 76.7 Å². The molecule has 0 aliphatic heterocycles. The minimum absolute atomic E-state index is 1.17. The average Bonchev–Trinajstić information content (AvgIpc) is 2.10. The summed E-state index contributed by atoms with van der Waals surface area (Å²) < 4.78 is 0. The van der Waals surface area contributed by atoms with Gasteiger partial charge in [0.25, 0.3) is 0 Å². The second-order valence-electron chi connectivity index (χ2n) is 6.76. The third-order valence-electron chi connectivity index (χ3n) is 2.23. The predicted molar refractivity (Wildman–Crippen MR) is 86.6 cm³/mol. The molecule has 0 N–H and O–H groups in total. The molecule has 0 spiro atoms. The van der Waals surface area contributed by atoms with Gasteiger partial charge in [0.05, 0.1) is 0 Å². The van der Waals surface area contributed by atoms with Crippen LogP contribution in [0.5, 0.6) is 0 Å². The van der Waals surface area contributed by atoms with Crippen LogP contribution >= 0.6 is 0 Å². The molecule has 17 heavy (non-hydrogen) atoms. The monoisotopic (exact) mass is 264 g/mol. The Kier molecular flexibility index (Phi) is 6.22. The zero-order chi connectivity index (χ0) is 13.7. The molecule has 0 aliphatic rings. The van der Waals surface area contributed by atoms with Crippen LogP contribution in [0.25, 0.3) is 0 Å². The van der Waals surface area contributed by atoms with Crippen LogP contribution in [0.1, 0.15) is 20.8 Å². The Morgan fingerprint density at radius 2 is 1.47 bits per heavy atom. The molecule has 0 atom stereocenters. The molecule has 0 fully saturated rings. The van der Waals surface area contributed by atoms with Crippen LogP contribution in [0.3, 0.4) is 0 Å². The van der Waals surface area contributed by atoms with E-state index in [0.717, 1.165) is 0 Å². The molecular weight excluding hydrogens is 236 g/mol. The molecular formula is C15H28Si2. The summed E-state index contributed by atoms with van der Waals surface area (Å²) in [6.07, 6.45) is 4.61. The van der Waals surface area contributed by atoms with Crippen LogP contribution in [0.2, 0.25) is 38.8 Å². The van der Waals surface area contributed by atoms with Crippen molar-refractivity contribution in [1.29, 1.82) is 0 Å². The molecule has 0 heterocycles. The Hall–Kier alpha value is -0.526. The normalized spacial score (nSPS) is 12.8. The van der Waals surface area contributed by atoms with E-state index in [0.29, 0.717) is 0 Å². The summed E-state index contributed by atoms with van der Waals surface area (Å²) in [5.74, 6) is 0. The van der Waals surface area contributed by atoms with Gasteiger partial charge in [-0.05, 0) is 26.8 Å². The lowest BCUT2D eigenvalue weighted by Gasteiger charge is -2.14. The van der Waals surface area contributed by atoms with Crippen LogP contribution in [0, 0.1) is 11.1 Å². The summed E-state index contributed by atoms with van der Waals surface area (Å²) in [6, 6.07) is 1.17. The number of hydrogen-bond donors (Lipinski definition) is 0. The van der Waals surface area contributed by atoms with Crippen molar-refractivity contribution in [1.82, 2.24) is 0 Å². The maximum Gasteiger partial charge on any atom is 0.135 e. The molecule has 0 aromatic rings. The van der Waals surface area contributed by atoms with Gasteiger partial charge in [0.1, 0.15) is 16.1 Å². The van der Waals surface area contributed by atoms with Crippen LogP contribution in [-0.2, 0) is 0 Å². The lowest BCUT2D eigenvalue weighted by atomic mass is 10.2. The Morgan fingerprint density at radius 1 is 0.941 bits per heavy atom. The smallest absolute Gasteiger partial charge is 0.135 e. The number of rotatable bonds is 3. The SMILES string of the molecule is CC(C)=CC(C)=CC[Si](C)(C)C#C[Si](C)(C)C. The fraction of sp³-hybridized carbons (Fsp3) is 0.600. The predicted octanol–water partition coefficient (Wildman–Crippen LogP) is 5.03. The molecule has 0 radical (unpaired) electrons. The fourth-order valence-electron chi connectivity index (χ4n) is 1.34. The number of hydrogen-bond acceptors (Lipinski definition) is 0. The van der Waals surface area contributed by atoms with Gasteiger partial charge in [-0.1, -0.05) is 56.0 Å². The maximum absolute atomic E-state index is 3.59. The molecule has 0 rings (SSSR count). The van der Waals surface area contributed by atoms with Crippen molar-refractivity contribution in [2.24, 2.45) is 0 Å². The molecule has 0 aliphatic carbocycles. The summed E-state index contributed by atoms with van der Waals surface area (Å²) in [6.45, 7) is 18.1. The van der Waals surface area contributed by atoms with Crippen LogP contribution in [0.15, 0.2) is 23.3 Å². The molecule has 0 saturated heterocycles. The van der Waals surface area contributed by atoms with Gasteiger partial charge in [-0.2, -0.15) is 0 Å². The first-order valence-corrected chi connectivity index (χ1v) is 13.1. The van der Waals surface area contributed by atoms with Crippen molar-refractivity contribution >= 4 is 16.1 Å². The third kappa shape index (κ3) is 10.4. The van der Waals surface area contributed by atoms with E-state index < -0.39 is 16.1 Å². The van der Waals surface area contributed by atoms with E-state index in [1.807, 2.05) is 0 Å². The van der Waals surface area contributed by atoms with E-state index in [9.17, 15) is 0 Å². The quantitative estimate of drug-likeness (QED) is 0.381. The van der Waals surface area contributed by atoms with Gasteiger partial charge in [0.15, 0.2) is 0 Å². The maximum atomic E-state index is 3.59. The molecule has 0 nitrogen and oxygen atoms in total. The van der Waals surface area contributed by atoms with E-state index >= 15 is 0 Å². The van der Waals surface area contributed by atoms with Crippen molar-refractivity contribution in [3.63, 3.8) is 0 Å². The summed E-state index contributed by atoms with van der Waals surface area (Å²) in [7, 11) is -2.57. The van der Waals surface area contributed by atoms with Crippen molar-refractivity contribution in [2.75, 3.05) is 0 Å². The molecule has 0 saturated carbocycles. The van der Waals surface area contributed by atoms with E-state index in [4.69, 9.17) is 0 Å².